The third-order valence-electron chi connectivity index (χ3n) is 2.96. The minimum absolute atomic E-state index is 0.0275. The molecule has 5 nitrogen and oxygen atoms in total. The molecule has 0 bridgehead atoms. The van der Waals surface area contributed by atoms with E-state index in [1.165, 1.54) is 11.3 Å². The van der Waals surface area contributed by atoms with E-state index in [1.807, 2.05) is 37.6 Å². The van der Waals surface area contributed by atoms with Crippen LogP contribution in [0.1, 0.15) is 37.6 Å². The van der Waals surface area contributed by atoms with Crippen molar-refractivity contribution in [3.05, 3.63) is 22.4 Å². The summed E-state index contributed by atoms with van der Waals surface area (Å²) >= 11 is 1.51. The Labute approximate surface area is 122 Å². The normalized spacial score (nSPS) is 18.9. The molecule has 0 aliphatic carbocycles. The van der Waals surface area contributed by atoms with Crippen LogP contribution in [0.2, 0.25) is 0 Å². The van der Waals surface area contributed by atoms with E-state index in [0.717, 1.165) is 6.42 Å². The Morgan fingerprint density at radius 3 is 2.80 bits per heavy atom. The first kappa shape index (κ1) is 14.8. The van der Waals surface area contributed by atoms with Gasteiger partial charge in [0.05, 0.1) is 11.6 Å². The first-order valence-corrected chi connectivity index (χ1v) is 7.60. The second-order valence-electron chi connectivity index (χ2n) is 5.90. The first-order valence-electron chi connectivity index (χ1n) is 6.66. The van der Waals surface area contributed by atoms with Crippen molar-refractivity contribution in [3.8, 4) is 0 Å². The average Bonchev–Trinajstić information content (AvgIpc) is 2.95. The number of likely N-dealkylation sites (tertiary alicyclic amines) is 1. The van der Waals surface area contributed by atoms with Gasteiger partial charge < -0.3 is 15.0 Å². The molecule has 0 radical (unpaired) electrons. The van der Waals surface area contributed by atoms with Crippen molar-refractivity contribution >= 4 is 23.3 Å². The minimum Gasteiger partial charge on any atom is -0.444 e. The lowest BCUT2D eigenvalue weighted by Crippen LogP contribution is -2.41. The van der Waals surface area contributed by atoms with Crippen LogP contribution in [-0.2, 0) is 4.74 Å². The van der Waals surface area contributed by atoms with Crippen LogP contribution in [-0.4, -0.2) is 41.6 Å². The van der Waals surface area contributed by atoms with Crippen molar-refractivity contribution in [2.45, 2.75) is 38.8 Å². The lowest BCUT2D eigenvalue weighted by atomic mass is 10.2. The number of hydrogen-bond donors (Lipinski definition) is 1. The van der Waals surface area contributed by atoms with Crippen molar-refractivity contribution < 1.29 is 14.3 Å². The van der Waals surface area contributed by atoms with Gasteiger partial charge in [-0.05, 0) is 38.6 Å². The van der Waals surface area contributed by atoms with Crippen LogP contribution < -0.4 is 5.32 Å². The SMILES string of the molecule is CC(C)(C)OC(=O)N[C@@H]1CCN(C(=O)c2ccsc2)C1. The highest BCUT2D eigenvalue weighted by atomic mass is 32.1. The van der Waals surface area contributed by atoms with Crippen LogP contribution in [0.5, 0.6) is 0 Å². The number of hydrogen-bond acceptors (Lipinski definition) is 4. The van der Waals surface area contributed by atoms with Crippen molar-refractivity contribution in [3.63, 3.8) is 0 Å². The van der Waals surface area contributed by atoms with Crippen molar-refractivity contribution in [2.75, 3.05) is 13.1 Å². The highest BCUT2D eigenvalue weighted by Crippen LogP contribution is 2.16. The van der Waals surface area contributed by atoms with Gasteiger partial charge in [-0.2, -0.15) is 11.3 Å². The Kier molecular flexibility index (Phi) is 4.32. The van der Waals surface area contributed by atoms with Crippen LogP contribution in [0.25, 0.3) is 0 Å². The fraction of sp³-hybridized carbons (Fsp3) is 0.571. The maximum atomic E-state index is 12.2. The average molecular weight is 296 g/mol. The molecule has 1 aliphatic rings. The second kappa shape index (κ2) is 5.83. The minimum atomic E-state index is -0.505. The van der Waals surface area contributed by atoms with Crippen molar-refractivity contribution in [2.24, 2.45) is 0 Å². The largest absolute Gasteiger partial charge is 0.444 e. The number of alkyl carbamates (subject to hydrolysis) is 1. The summed E-state index contributed by atoms with van der Waals surface area (Å²) in [7, 11) is 0. The van der Waals surface area contributed by atoms with E-state index in [2.05, 4.69) is 5.32 Å². The maximum absolute atomic E-state index is 12.2. The molecule has 1 aromatic heterocycles. The van der Waals surface area contributed by atoms with Crippen LogP contribution >= 0.6 is 11.3 Å². The summed E-state index contributed by atoms with van der Waals surface area (Å²) in [5.74, 6) is 0.0275. The zero-order valence-corrected chi connectivity index (χ0v) is 12.8. The molecular weight excluding hydrogens is 276 g/mol. The Morgan fingerprint density at radius 2 is 2.20 bits per heavy atom. The number of nitrogens with one attached hydrogen (secondary N) is 1. The van der Waals surface area contributed by atoms with Crippen molar-refractivity contribution in [1.29, 1.82) is 0 Å². The van der Waals surface area contributed by atoms with Gasteiger partial charge in [0.25, 0.3) is 5.91 Å². The van der Waals surface area contributed by atoms with Crippen molar-refractivity contribution in [1.82, 2.24) is 10.2 Å². The second-order valence-corrected chi connectivity index (χ2v) is 6.68. The van der Waals surface area contributed by atoms with E-state index >= 15 is 0 Å². The molecule has 110 valence electrons. The summed E-state index contributed by atoms with van der Waals surface area (Å²) < 4.78 is 5.22. The van der Waals surface area contributed by atoms with Gasteiger partial charge in [-0.1, -0.05) is 0 Å². The zero-order chi connectivity index (χ0) is 14.8. The fourth-order valence-corrected chi connectivity index (χ4v) is 2.74. The van der Waals surface area contributed by atoms with Crippen LogP contribution in [0, 0.1) is 0 Å². The molecule has 0 saturated carbocycles. The molecule has 1 aliphatic heterocycles. The summed E-state index contributed by atoms with van der Waals surface area (Å²) in [6, 6.07) is 1.79. The summed E-state index contributed by atoms with van der Waals surface area (Å²) in [5.41, 5.74) is 0.211. The standard InChI is InChI=1S/C14H20N2O3S/c1-14(2,3)19-13(18)15-11-4-6-16(8-11)12(17)10-5-7-20-9-10/h5,7,9,11H,4,6,8H2,1-3H3,(H,15,18)/t11-/m1/s1. The summed E-state index contributed by atoms with van der Waals surface area (Å²) in [6.45, 7) is 6.68. The van der Waals surface area contributed by atoms with E-state index < -0.39 is 11.7 Å². The number of carbonyl (C=O) groups is 2. The van der Waals surface area contributed by atoms with E-state index in [4.69, 9.17) is 4.74 Å². The molecule has 2 rings (SSSR count). The van der Waals surface area contributed by atoms with Gasteiger partial charge in [0.15, 0.2) is 0 Å². The topological polar surface area (TPSA) is 58.6 Å². The fourth-order valence-electron chi connectivity index (χ4n) is 2.11. The molecule has 2 amide bonds. The molecule has 6 heteroatoms. The smallest absolute Gasteiger partial charge is 0.407 e. The Hall–Kier alpha value is -1.56. The molecule has 1 aromatic rings. The summed E-state index contributed by atoms with van der Waals surface area (Å²) in [5, 5.41) is 6.55. The van der Waals surface area contributed by atoms with E-state index in [-0.39, 0.29) is 11.9 Å². The number of ether oxygens (including phenoxy) is 1. The molecule has 2 heterocycles. The van der Waals surface area contributed by atoms with Gasteiger partial charge in [0.2, 0.25) is 0 Å². The van der Waals surface area contributed by atoms with E-state index in [9.17, 15) is 9.59 Å². The van der Waals surface area contributed by atoms with E-state index in [0.29, 0.717) is 18.7 Å². The zero-order valence-electron chi connectivity index (χ0n) is 12.0. The highest BCUT2D eigenvalue weighted by molar-refractivity contribution is 7.08. The molecule has 1 atom stereocenters. The first-order chi connectivity index (χ1) is 9.35. The Morgan fingerprint density at radius 1 is 1.45 bits per heavy atom. The third kappa shape index (κ3) is 3.96. The molecular formula is C14H20N2O3S. The monoisotopic (exact) mass is 296 g/mol. The molecule has 20 heavy (non-hydrogen) atoms. The predicted molar refractivity (Wildman–Crippen MR) is 78.0 cm³/mol. The van der Waals surface area contributed by atoms with Crippen LogP contribution in [0.3, 0.4) is 0 Å². The predicted octanol–water partition coefficient (Wildman–Crippen LogP) is 2.49. The quantitative estimate of drug-likeness (QED) is 0.912. The van der Waals surface area contributed by atoms with Gasteiger partial charge in [-0.15, -0.1) is 0 Å². The van der Waals surface area contributed by atoms with Gasteiger partial charge in [0, 0.05) is 18.5 Å². The number of nitrogens with zero attached hydrogens (tertiary/aromatic N) is 1. The molecule has 0 spiro atoms. The molecule has 1 saturated heterocycles. The summed E-state index contributed by atoms with van der Waals surface area (Å²) in [6.07, 6.45) is 0.335. The lowest BCUT2D eigenvalue weighted by molar-refractivity contribution is 0.0502. The third-order valence-corrected chi connectivity index (χ3v) is 3.65. The Bertz CT molecular complexity index is 479. The molecule has 1 fully saturated rings. The lowest BCUT2D eigenvalue weighted by Gasteiger charge is -2.22. The Balaban J connectivity index is 1.84. The summed E-state index contributed by atoms with van der Waals surface area (Å²) in [4.78, 5) is 25.6. The van der Waals surface area contributed by atoms with Gasteiger partial charge in [-0.25, -0.2) is 4.79 Å². The number of carbonyl (C=O) groups excluding carboxylic acids is 2. The van der Waals surface area contributed by atoms with E-state index in [1.54, 1.807) is 4.90 Å². The van der Waals surface area contributed by atoms with Crippen LogP contribution in [0.15, 0.2) is 16.8 Å². The van der Waals surface area contributed by atoms with Crippen LogP contribution in [0.4, 0.5) is 4.79 Å². The highest BCUT2D eigenvalue weighted by Gasteiger charge is 2.29. The molecule has 0 unspecified atom stereocenters. The number of thiophene rings is 1. The molecule has 1 N–H and O–H groups in total. The van der Waals surface area contributed by atoms with Gasteiger partial charge in [0.1, 0.15) is 5.60 Å². The number of rotatable bonds is 2. The van der Waals surface area contributed by atoms with Gasteiger partial charge >= 0.3 is 6.09 Å². The molecule has 0 aromatic carbocycles. The maximum Gasteiger partial charge on any atom is 0.407 e. The van der Waals surface area contributed by atoms with Gasteiger partial charge in [-0.3, -0.25) is 4.79 Å². The number of amides is 2.